The van der Waals surface area contributed by atoms with Crippen LogP contribution in [0.15, 0.2) is 54.6 Å². The van der Waals surface area contributed by atoms with Crippen LogP contribution < -0.4 is 10.5 Å². The zero-order chi connectivity index (χ0) is 12.8. The predicted molar refractivity (Wildman–Crippen MR) is 74.7 cm³/mol. The highest BCUT2D eigenvalue weighted by Gasteiger charge is 2.10. The van der Waals surface area contributed by atoms with Crippen LogP contribution >= 0.6 is 0 Å². The van der Waals surface area contributed by atoms with Crippen LogP contribution in [0, 0.1) is 0 Å². The number of nitrogens with two attached hydrogens (primary N) is 1. The first-order chi connectivity index (χ1) is 8.83. The van der Waals surface area contributed by atoms with Crippen LogP contribution in [0.25, 0.3) is 0 Å². The third-order valence-corrected chi connectivity index (χ3v) is 3.00. The van der Waals surface area contributed by atoms with Gasteiger partial charge in [0.1, 0.15) is 11.9 Å². The molecule has 0 aliphatic carbocycles. The monoisotopic (exact) mass is 241 g/mol. The minimum Gasteiger partial charge on any atom is -0.484 e. The molecule has 0 radical (unpaired) electrons. The van der Waals surface area contributed by atoms with Crippen molar-refractivity contribution in [1.29, 1.82) is 0 Å². The van der Waals surface area contributed by atoms with Crippen LogP contribution in [0.1, 0.15) is 24.2 Å². The zero-order valence-electron chi connectivity index (χ0n) is 10.7. The van der Waals surface area contributed by atoms with Crippen LogP contribution in [-0.4, -0.2) is 6.54 Å². The predicted octanol–water partition coefficient (Wildman–Crippen LogP) is 3.33. The van der Waals surface area contributed by atoms with E-state index in [4.69, 9.17) is 10.5 Å². The van der Waals surface area contributed by atoms with Crippen LogP contribution in [0.4, 0.5) is 0 Å². The molecule has 1 unspecified atom stereocenters. The number of benzene rings is 2. The summed E-state index contributed by atoms with van der Waals surface area (Å²) in [6.45, 7) is 2.62. The lowest BCUT2D eigenvalue weighted by Gasteiger charge is -2.18. The maximum Gasteiger partial charge on any atom is 0.136 e. The maximum absolute atomic E-state index is 5.90. The molecule has 18 heavy (non-hydrogen) atoms. The van der Waals surface area contributed by atoms with E-state index in [-0.39, 0.29) is 6.10 Å². The number of hydrogen-bond acceptors (Lipinski definition) is 2. The summed E-state index contributed by atoms with van der Waals surface area (Å²) >= 11 is 0. The van der Waals surface area contributed by atoms with Crippen molar-refractivity contribution in [3.63, 3.8) is 0 Å². The number of ether oxygens (including phenoxy) is 1. The summed E-state index contributed by atoms with van der Waals surface area (Å²) in [7, 11) is 0. The highest BCUT2D eigenvalue weighted by molar-refractivity contribution is 5.27. The first-order valence-corrected chi connectivity index (χ1v) is 6.34. The molecule has 2 nitrogen and oxygen atoms in total. The zero-order valence-corrected chi connectivity index (χ0v) is 10.7. The van der Waals surface area contributed by atoms with Gasteiger partial charge in [-0.25, -0.2) is 0 Å². The second-order valence-corrected chi connectivity index (χ2v) is 4.25. The normalized spacial score (nSPS) is 12.1. The van der Waals surface area contributed by atoms with Gasteiger partial charge in [-0.3, -0.25) is 0 Å². The van der Waals surface area contributed by atoms with E-state index in [0.717, 1.165) is 17.7 Å². The van der Waals surface area contributed by atoms with E-state index in [2.05, 4.69) is 31.2 Å². The average Bonchev–Trinajstić information content (AvgIpc) is 2.46. The first kappa shape index (κ1) is 12.7. The lowest BCUT2D eigenvalue weighted by molar-refractivity contribution is 0.214. The van der Waals surface area contributed by atoms with Gasteiger partial charge in [-0.15, -0.1) is 0 Å². The van der Waals surface area contributed by atoms with Crippen molar-refractivity contribution < 1.29 is 4.74 Å². The number of rotatable bonds is 5. The fraction of sp³-hybridized carbons (Fsp3) is 0.250. The molecule has 0 spiro atoms. The van der Waals surface area contributed by atoms with Crippen LogP contribution in [0.2, 0.25) is 0 Å². The summed E-state index contributed by atoms with van der Waals surface area (Å²) in [5, 5.41) is 0. The molecule has 0 bridgehead atoms. The summed E-state index contributed by atoms with van der Waals surface area (Å²) in [4.78, 5) is 0. The largest absolute Gasteiger partial charge is 0.484 e. The molecule has 0 fully saturated rings. The van der Waals surface area contributed by atoms with Crippen molar-refractivity contribution in [1.82, 2.24) is 0 Å². The van der Waals surface area contributed by atoms with E-state index in [0.29, 0.717) is 6.54 Å². The van der Waals surface area contributed by atoms with E-state index in [1.807, 2.05) is 30.3 Å². The van der Waals surface area contributed by atoms with Crippen LogP contribution in [0.3, 0.4) is 0 Å². The van der Waals surface area contributed by atoms with Crippen LogP contribution in [-0.2, 0) is 6.42 Å². The standard InChI is InChI=1S/C16H19NO/c1-2-13-8-10-14(11-9-13)16(12-17)18-15-6-4-3-5-7-15/h3-11,16H,2,12,17H2,1H3. The van der Waals surface area contributed by atoms with Crippen molar-refractivity contribution in [2.45, 2.75) is 19.4 Å². The van der Waals surface area contributed by atoms with Gasteiger partial charge in [0.25, 0.3) is 0 Å². The summed E-state index contributed by atoms with van der Waals surface area (Å²) in [6, 6.07) is 18.2. The van der Waals surface area contributed by atoms with Gasteiger partial charge < -0.3 is 10.5 Å². The minimum atomic E-state index is -0.0849. The first-order valence-electron chi connectivity index (χ1n) is 6.34. The van der Waals surface area contributed by atoms with E-state index in [1.54, 1.807) is 0 Å². The molecule has 2 aromatic carbocycles. The molecule has 0 amide bonds. The minimum absolute atomic E-state index is 0.0849. The molecular formula is C16H19NO. The Morgan fingerprint density at radius 1 is 1.00 bits per heavy atom. The van der Waals surface area contributed by atoms with Gasteiger partial charge in [-0.1, -0.05) is 49.4 Å². The SMILES string of the molecule is CCc1ccc(C(CN)Oc2ccccc2)cc1. The molecule has 2 heteroatoms. The van der Waals surface area contributed by atoms with Crippen molar-refractivity contribution in [3.05, 3.63) is 65.7 Å². The molecule has 94 valence electrons. The number of hydrogen-bond donors (Lipinski definition) is 1. The molecule has 1 atom stereocenters. The number of para-hydroxylation sites is 1. The Morgan fingerprint density at radius 2 is 1.67 bits per heavy atom. The van der Waals surface area contributed by atoms with Gasteiger partial charge in [0.2, 0.25) is 0 Å². The molecule has 2 N–H and O–H groups in total. The van der Waals surface area contributed by atoms with Gasteiger partial charge >= 0.3 is 0 Å². The Labute approximate surface area is 108 Å². The second kappa shape index (κ2) is 6.22. The lowest BCUT2D eigenvalue weighted by Crippen LogP contribution is -2.18. The Morgan fingerprint density at radius 3 is 2.22 bits per heavy atom. The summed E-state index contributed by atoms with van der Waals surface area (Å²) in [5.74, 6) is 0.854. The third-order valence-electron chi connectivity index (χ3n) is 3.00. The van der Waals surface area contributed by atoms with Gasteiger partial charge in [0, 0.05) is 6.54 Å². The van der Waals surface area contributed by atoms with Gasteiger partial charge in [-0.2, -0.15) is 0 Å². The Kier molecular flexibility index (Phi) is 4.37. The second-order valence-electron chi connectivity index (χ2n) is 4.25. The molecule has 2 aromatic rings. The van der Waals surface area contributed by atoms with Crippen molar-refractivity contribution in [2.75, 3.05) is 6.54 Å². The fourth-order valence-corrected chi connectivity index (χ4v) is 1.88. The summed E-state index contributed by atoms with van der Waals surface area (Å²) < 4.78 is 5.90. The highest BCUT2D eigenvalue weighted by Crippen LogP contribution is 2.21. The summed E-state index contributed by atoms with van der Waals surface area (Å²) in [6.07, 6.45) is 0.964. The van der Waals surface area contributed by atoms with Crippen molar-refractivity contribution in [2.24, 2.45) is 5.73 Å². The van der Waals surface area contributed by atoms with Gasteiger partial charge in [-0.05, 0) is 29.7 Å². The molecule has 2 rings (SSSR count). The van der Waals surface area contributed by atoms with Crippen molar-refractivity contribution >= 4 is 0 Å². The molecule has 0 heterocycles. The smallest absolute Gasteiger partial charge is 0.136 e. The number of aryl methyl sites for hydroxylation is 1. The van der Waals surface area contributed by atoms with Gasteiger partial charge in [0.15, 0.2) is 0 Å². The fourth-order valence-electron chi connectivity index (χ4n) is 1.88. The van der Waals surface area contributed by atoms with E-state index < -0.39 is 0 Å². The Hall–Kier alpha value is -1.80. The highest BCUT2D eigenvalue weighted by atomic mass is 16.5. The third kappa shape index (κ3) is 3.11. The molecular weight excluding hydrogens is 222 g/mol. The van der Waals surface area contributed by atoms with Crippen molar-refractivity contribution in [3.8, 4) is 5.75 Å². The van der Waals surface area contributed by atoms with E-state index in [9.17, 15) is 0 Å². The average molecular weight is 241 g/mol. The van der Waals surface area contributed by atoms with E-state index >= 15 is 0 Å². The van der Waals surface area contributed by atoms with E-state index in [1.165, 1.54) is 5.56 Å². The van der Waals surface area contributed by atoms with Gasteiger partial charge in [0.05, 0.1) is 0 Å². The topological polar surface area (TPSA) is 35.2 Å². The molecule has 0 aromatic heterocycles. The Bertz CT molecular complexity index is 464. The maximum atomic E-state index is 5.90. The molecule has 0 aliphatic rings. The van der Waals surface area contributed by atoms with Crippen LogP contribution in [0.5, 0.6) is 5.75 Å². The molecule has 0 aliphatic heterocycles. The summed E-state index contributed by atoms with van der Waals surface area (Å²) in [5.41, 5.74) is 8.25. The molecule has 0 saturated heterocycles. The lowest BCUT2D eigenvalue weighted by atomic mass is 10.1. The molecule has 0 saturated carbocycles. The quantitative estimate of drug-likeness (QED) is 0.871. The Balaban J connectivity index is 2.12.